The molecular formula is C8H6F3N5OS. The van der Waals surface area contributed by atoms with Crippen LogP contribution < -0.4 is 5.14 Å². The van der Waals surface area contributed by atoms with Gasteiger partial charge in [-0.3, -0.25) is 0 Å². The van der Waals surface area contributed by atoms with E-state index in [0.717, 1.165) is 12.1 Å². The molecule has 0 saturated carbocycles. The van der Waals surface area contributed by atoms with Crippen LogP contribution >= 0.6 is 0 Å². The second-order valence-electron chi connectivity index (χ2n) is 3.21. The van der Waals surface area contributed by atoms with Crippen LogP contribution in [0.3, 0.4) is 0 Å². The molecule has 0 fully saturated rings. The highest BCUT2D eigenvalue weighted by Gasteiger charge is 2.36. The molecule has 0 saturated heterocycles. The van der Waals surface area contributed by atoms with E-state index in [2.05, 4.69) is 20.6 Å². The Morgan fingerprint density at radius 2 is 2.06 bits per heavy atom. The molecule has 1 aromatic carbocycles. The maximum atomic E-state index is 12.9. The number of nitrogens with two attached hydrogens (primary N) is 1. The zero-order valence-corrected chi connectivity index (χ0v) is 9.42. The molecule has 0 bridgehead atoms. The van der Waals surface area contributed by atoms with Crippen LogP contribution in [0.5, 0.6) is 0 Å². The number of rotatable bonds is 2. The van der Waals surface area contributed by atoms with E-state index in [4.69, 9.17) is 5.14 Å². The molecule has 3 N–H and O–H groups in total. The molecular weight excluding hydrogens is 271 g/mol. The summed E-state index contributed by atoms with van der Waals surface area (Å²) in [4.78, 5) is -0.203. The summed E-state index contributed by atoms with van der Waals surface area (Å²) in [5, 5.41) is 17.3. The second-order valence-corrected chi connectivity index (χ2v) is 4.24. The predicted molar refractivity (Wildman–Crippen MR) is 55.2 cm³/mol. The highest BCUT2D eigenvalue weighted by Crippen LogP contribution is 2.38. The number of aromatic amines is 1. The standard InChI is InChI=1S/C8H6F3N5OS/c9-8(10,11)4-2-1-3-5(18(12)17)6(4)7-13-15-16-14-7/h1-3H,12H2,(H,13,14,15,16). The number of aromatic nitrogens is 4. The summed E-state index contributed by atoms with van der Waals surface area (Å²) < 4.78 is 49.8. The minimum absolute atomic E-state index is 0.203. The summed E-state index contributed by atoms with van der Waals surface area (Å²) in [5.41, 5.74) is -1.44. The van der Waals surface area contributed by atoms with Crippen LogP contribution in [0.1, 0.15) is 5.56 Å². The average molecular weight is 277 g/mol. The first kappa shape index (κ1) is 12.6. The largest absolute Gasteiger partial charge is 0.417 e. The Balaban J connectivity index is 2.77. The van der Waals surface area contributed by atoms with Crippen molar-refractivity contribution < 1.29 is 17.4 Å². The van der Waals surface area contributed by atoms with Crippen molar-refractivity contribution in [2.45, 2.75) is 11.1 Å². The minimum Gasteiger partial charge on any atom is -0.248 e. The molecule has 1 aromatic heterocycles. The fourth-order valence-electron chi connectivity index (χ4n) is 1.43. The summed E-state index contributed by atoms with van der Waals surface area (Å²) >= 11 is 0. The van der Waals surface area contributed by atoms with Crippen LogP contribution in [0, 0.1) is 0 Å². The minimum atomic E-state index is -4.63. The van der Waals surface area contributed by atoms with Crippen LogP contribution in [-0.4, -0.2) is 24.8 Å². The van der Waals surface area contributed by atoms with E-state index in [9.17, 15) is 17.4 Å². The number of halogens is 3. The summed E-state index contributed by atoms with van der Waals surface area (Å²) in [6.07, 6.45) is -4.63. The van der Waals surface area contributed by atoms with Gasteiger partial charge >= 0.3 is 6.18 Å². The van der Waals surface area contributed by atoms with E-state index >= 15 is 0 Å². The lowest BCUT2D eigenvalue weighted by atomic mass is 10.1. The van der Waals surface area contributed by atoms with Gasteiger partial charge in [0.25, 0.3) is 0 Å². The summed E-state index contributed by atoms with van der Waals surface area (Å²) in [5.74, 6) is -0.309. The second kappa shape index (κ2) is 4.46. The van der Waals surface area contributed by atoms with Crippen molar-refractivity contribution in [3.8, 4) is 11.4 Å². The van der Waals surface area contributed by atoms with Gasteiger partial charge in [0.2, 0.25) is 5.82 Å². The highest BCUT2D eigenvalue weighted by molar-refractivity contribution is 7.82. The zero-order valence-electron chi connectivity index (χ0n) is 8.60. The van der Waals surface area contributed by atoms with Crippen LogP contribution in [0.15, 0.2) is 23.1 Å². The highest BCUT2D eigenvalue weighted by atomic mass is 32.2. The lowest BCUT2D eigenvalue weighted by Crippen LogP contribution is -2.12. The van der Waals surface area contributed by atoms with Crippen molar-refractivity contribution in [1.29, 1.82) is 0 Å². The van der Waals surface area contributed by atoms with E-state index in [1.165, 1.54) is 6.07 Å². The van der Waals surface area contributed by atoms with E-state index in [0.29, 0.717) is 0 Å². The Morgan fingerprint density at radius 1 is 1.33 bits per heavy atom. The molecule has 0 radical (unpaired) electrons. The molecule has 2 rings (SSSR count). The fourth-order valence-corrected chi connectivity index (χ4v) is 2.05. The first-order valence-electron chi connectivity index (χ1n) is 4.51. The molecule has 10 heteroatoms. The lowest BCUT2D eigenvalue weighted by Gasteiger charge is -2.12. The number of hydrogen-bond acceptors (Lipinski definition) is 4. The molecule has 0 spiro atoms. The summed E-state index contributed by atoms with van der Waals surface area (Å²) in [7, 11) is -2.09. The number of tetrazole rings is 1. The molecule has 1 unspecified atom stereocenters. The van der Waals surface area contributed by atoms with Gasteiger partial charge in [-0.25, -0.2) is 9.35 Å². The number of H-pyrrole nitrogens is 1. The van der Waals surface area contributed by atoms with Crippen molar-refractivity contribution in [2.75, 3.05) is 0 Å². The molecule has 0 aliphatic heterocycles. The maximum absolute atomic E-state index is 12.9. The van der Waals surface area contributed by atoms with Crippen LogP contribution in [0.25, 0.3) is 11.4 Å². The number of nitrogens with zero attached hydrogens (tertiary/aromatic N) is 3. The zero-order chi connectivity index (χ0) is 13.3. The van der Waals surface area contributed by atoms with Crippen molar-refractivity contribution in [1.82, 2.24) is 20.6 Å². The third-order valence-corrected chi connectivity index (χ3v) is 2.89. The molecule has 96 valence electrons. The van der Waals surface area contributed by atoms with Crippen molar-refractivity contribution in [2.24, 2.45) is 5.14 Å². The molecule has 0 aliphatic rings. The normalized spacial score (nSPS) is 13.6. The molecule has 18 heavy (non-hydrogen) atoms. The first-order valence-corrected chi connectivity index (χ1v) is 5.72. The smallest absolute Gasteiger partial charge is 0.248 e. The Morgan fingerprint density at radius 3 is 2.56 bits per heavy atom. The maximum Gasteiger partial charge on any atom is 0.417 e. The quantitative estimate of drug-likeness (QED) is 0.850. The van der Waals surface area contributed by atoms with Gasteiger partial charge < -0.3 is 0 Å². The SMILES string of the molecule is NS(=O)c1cccc(C(F)(F)F)c1-c1nn[nH]n1. The Kier molecular flexibility index (Phi) is 3.13. The van der Waals surface area contributed by atoms with Crippen LogP contribution in [0.2, 0.25) is 0 Å². The molecule has 1 atom stereocenters. The fraction of sp³-hybridized carbons (Fsp3) is 0.125. The van der Waals surface area contributed by atoms with E-state index in [1.54, 1.807) is 0 Å². The lowest BCUT2D eigenvalue weighted by molar-refractivity contribution is -0.137. The average Bonchev–Trinajstić information content (AvgIpc) is 2.79. The number of alkyl halides is 3. The number of nitrogens with one attached hydrogen (secondary N) is 1. The first-order chi connectivity index (χ1) is 8.41. The van der Waals surface area contributed by atoms with E-state index < -0.39 is 28.3 Å². The van der Waals surface area contributed by atoms with Crippen molar-refractivity contribution in [3.63, 3.8) is 0 Å². The third kappa shape index (κ3) is 2.24. The molecule has 0 amide bonds. The Bertz CT molecular complexity index is 583. The van der Waals surface area contributed by atoms with Gasteiger partial charge in [0, 0.05) is 0 Å². The van der Waals surface area contributed by atoms with Gasteiger partial charge in [0.05, 0.1) is 16.0 Å². The summed E-state index contributed by atoms with van der Waals surface area (Å²) in [6.45, 7) is 0. The van der Waals surface area contributed by atoms with Gasteiger partial charge in [-0.05, 0) is 17.3 Å². The number of hydrogen-bond donors (Lipinski definition) is 2. The van der Waals surface area contributed by atoms with Gasteiger partial charge in [0.15, 0.2) is 0 Å². The Hall–Kier alpha value is -1.81. The molecule has 6 nitrogen and oxygen atoms in total. The summed E-state index contributed by atoms with van der Waals surface area (Å²) in [6, 6.07) is 3.17. The van der Waals surface area contributed by atoms with Gasteiger partial charge in [0.1, 0.15) is 11.0 Å². The van der Waals surface area contributed by atoms with Gasteiger partial charge in [-0.2, -0.15) is 18.4 Å². The van der Waals surface area contributed by atoms with Crippen molar-refractivity contribution >= 4 is 11.0 Å². The monoisotopic (exact) mass is 277 g/mol. The molecule has 0 aliphatic carbocycles. The topological polar surface area (TPSA) is 97.5 Å². The van der Waals surface area contributed by atoms with Crippen molar-refractivity contribution in [3.05, 3.63) is 23.8 Å². The number of benzene rings is 1. The third-order valence-electron chi connectivity index (χ3n) is 2.12. The van der Waals surface area contributed by atoms with Gasteiger partial charge in [-0.1, -0.05) is 6.07 Å². The molecule has 2 aromatic rings. The van der Waals surface area contributed by atoms with Crippen LogP contribution in [-0.2, 0) is 17.2 Å². The van der Waals surface area contributed by atoms with E-state index in [1.807, 2.05) is 0 Å². The molecule has 1 heterocycles. The van der Waals surface area contributed by atoms with Gasteiger partial charge in [-0.15, -0.1) is 10.2 Å². The Labute approximate surface area is 101 Å². The van der Waals surface area contributed by atoms with E-state index in [-0.39, 0.29) is 10.7 Å². The predicted octanol–water partition coefficient (Wildman–Crippen LogP) is 0.867. The van der Waals surface area contributed by atoms with Crippen LogP contribution in [0.4, 0.5) is 13.2 Å².